The number of piperidine rings is 1. The van der Waals surface area contributed by atoms with Gasteiger partial charge in [-0.3, -0.25) is 4.79 Å². The van der Waals surface area contributed by atoms with Crippen molar-refractivity contribution >= 4 is 23.3 Å². The van der Waals surface area contributed by atoms with Crippen molar-refractivity contribution in [2.75, 3.05) is 23.3 Å². The maximum absolute atomic E-state index is 12.9. The van der Waals surface area contributed by atoms with Crippen LogP contribution < -0.4 is 26.0 Å². The van der Waals surface area contributed by atoms with Gasteiger partial charge in [-0.15, -0.1) is 0 Å². The third-order valence-corrected chi connectivity index (χ3v) is 5.45. The topological polar surface area (TPSA) is 96.7 Å². The molecule has 9 heteroatoms. The van der Waals surface area contributed by atoms with Crippen LogP contribution in [0.25, 0.3) is 0 Å². The van der Waals surface area contributed by atoms with E-state index in [1.165, 1.54) is 6.07 Å². The molecule has 1 fully saturated rings. The normalized spacial score (nSPS) is 14.7. The number of carbonyl (C=O) groups excluding carboxylic acids is 2. The van der Waals surface area contributed by atoms with Crippen LogP contribution in [-0.4, -0.2) is 31.6 Å². The van der Waals surface area contributed by atoms with Gasteiger partial charge in [0.1, 0.15) is 5.75 Å². The SMILES string of the molecule is CCC(NC(=O)Nc1cc(C(N)=O)ccc1N1CCCCC1)c1ccccc1OC(F)F. The smallest absolute Gasteiger partial charge is 0.387 e. The van der Waals surface area contributed by atoms with Gasteiger partial charge in [0.2, 0.25) is 5.91 Å². The van der Waals surface area contributed by atoms with Crippen LogP contribution in [-0.2, 0) is 0 Å². The molecule has 1 aliphatic rings. The van der Waals surface area contributed by atoms with Gasteiger partial charge >= 0.3 is 12.6 Å². The summed E-state index contributed by atoms with van der Waals surface area (Å²) < 4.78 is 30.2. The number of urea groups is 1. The average molecular weight is 446 g/mol. The summed E-state index contributed by atoms with van der Waals surface area (Å²) in [6.45, 7) is 0.562. The molecule has 172 valence electrons. The molecule has 0 saturated carbocycles. The van der Waals surface area contributed by atoms with Crippen molar-refractivity contribution < 1.29 is 23.1 Å². The molecular weight excluding hydrogens is 418 g/mol. The molecule has 1 heterocycles. The van der Waals surface area contributed by atoms with E-state index in [2.05, 4.69) is 20.3 Å². The number of hydrogen-bond donors (Lipinski definition) is 3. The van der Waals surface area contributed by atoms with E-state index >= 15 is 0 Å². The molecule has 1 saturated heterocycles. The minimum Gasteiger partial charge on any atom is -0.434 e. The average Bonchev–Trinajstić information content (AvgIpc) is 2.78. The number of rotatable bonds is 8. The molecule has 2 aromatic carbocycles. The van der Waals surface area contributed by atoms with Crippen molar-refractivity contribution in [3.05, 3.63) is 53.6 Å². The highest BCUT2D eigenvalue weighted by Crippen LogP contribution is 2.31. The Hall–Kier alpha value is -3.36. The van der Waals surface area contributed by atoms with Crippen molar-refractivity contribution in [3.8, 4) is 5.75 Å². The first-order valence-corrected chi connectivity index (χ1v) is 10.7. The van der Waals surface area contributed by atoms with Crippen molar-refractivity contribution in [3.63, 3.8) is 0 Å². The van der Waals surface area contributed by atoms with Crippen LogP contribution in [0.2, 0.25) is 0 Å². The molecule has 4 N–H and O–H groups in total. The molecule has 1 unspecified atom stereocenters. The lowest BCUT2D eigenvalue weighted by Crippen LogP contribution is -2.34. The number of primary amides is 1. The lowest BCUT2D eigenvalue weighted by Gasteiger charge is -2.31. The quantitative estimate of drug-likeness (QED) is 0.550. The van der Waals surface area contributed by atoms with Crippen LogP contribution in [0.5, 0.6) is 5.75 Å². The fourth-order valence-corrected chi connectivity index (χ4v) is 3.89. The van der Waals surface area contributed by atoms with Gasteiger partial charge in [0, 0.05) is 24.2 Å². The minimum atomic E-state index is -2.97. The second-order valence-corrected chi connectivity index (χ2v) is 7.62. The molecule has 3 rings (SSSR count). The van der Waals surface area contributed by atoms with E-state index in [4.69, 9.17) is 5.73 Å². The Morgan fingerprint density at radius 1 is 1.12 bits per heavy atom. The summed E-state index contributed by atoms with van der Waals surface area (Å²) in [5, 5.41) is 5.62. The summed E-state index contributed by atoms with van der Waals surface area (Å²) in [5.41, 5.74) is 7.42. The van der Waals surface area contributed by atoms with Crippen LogP contribution >= 0.6 is 0 Å². The Morgan fingerprint density at radius 3 is 2.50 bits per heavy atom. The summed E-state index contributed by atoms with van der Waals surface area (Å²) in [4.78, 5) is 26.7. The van der Waals surface area contributed by atoms with Gasteiger partial charge in [-0.2, -0.15) is 8.78 Å². The van der Waals surface area contributed by atoms with E-state index < -0.39 is 24.6 Å². The second kappa shape index (κ2) is 10.8. The summed E-state index contributed by atoms with van der Waals surface area (Å²) in [6.07, 6.45) is 3.69. The summed E-state index contributed by atoms with van der Waals surface area (Å²) >= 11 is 0. The number of anilines is 2. The minimum absolute atomic E-state index is 0.0133. The third kappa shape index (κ3) is 5.87. The van der Waals surface area contributed by atoms with Gasteiger partial charge in [0.05, 0.1) is 17.4 Å². The number of ether oxygens (including phenoxy) is 1. The Bertz CT molecular complexity index is 949. The lowest BCUT2D eigenvalue weighted by atomic mass is 10.0. The summed E-state index contributed by atoms with van der Waals surface area (Å²) in [7, 11) is 0. The number of alkyl halides is 2. The zero-order valence-electron chi connectivity index (χ0n) is 17.9. The molecule has 0 aliphatic carbocycles. The fourth-order valence-electron chi connectivity index (χ4n) is 3.89. The number of hydrogen-bond acceptors (Lipinski definition) is 4. The van der Waals surface area contributed by atoms with E-state index in [0.29, 0.717) is 17.7 Å². The molecule has 0 aromatic heterocycles. The van der Waals surface area contributed by atoms with Crippen LogP contribution in [0.3, 0.4) is 0 Å². The van der Waals surface area contributed by atoms with Gasteiger partial charge < -0.3 is 26.0 Å². The van der Waals surface area contributed by atoms with Gasteiger partial charge in [-0.25, -0.2) is 4.79 Å². The maximum Gasteiger partial charge on any atom is 0.387 e. The number of nitrogens with two attached hydrogens (primary N) is 1. The predicted molar refractivity (Wildman–Crippen MR) is 119 cm³/mol. The standard InChI is InChI=1S/C23H28F2N4O3/c1-2-17(16-8-4-5-9-20(16)32-22(24)25)27-23(31)28-18-14-15(21(26)30)10-11-19(18)29-12-6-3-7-13-29/h4-5,8-11,14,17,22H,2-3,6-7,12-13H2,1H3,(H2,26,30)(H2,27,28,31). The summed E-state index contributed by atoms with van der Waals surface area (Å²) in [6, 6.07) is 10.3. The van der Waals surface area contributed by atoms with E-state index in [-0.39, 0.29) is 11.3 Å². The van der Waals surface area contributed by atoms with E-state index in [1.54, 1.807) is 36.4 Å². The lowest BCUT2D eigenvalue weighted by molar-refractivity contribution is -0.0506. The van der Waals surface area contributed by atoms with Crippen LogP contribution in [0, 0.1) is 0 Å². The van der Waals surface area contributed by atoms with Gasteiger partial charge in [-0.1, -0.05) is 25.1 Å². The number of halogens is 2. The van der Waals surface area contributed by atoms with E-state index in [1.807, 2.05) is 6.92 Å². The number of amides is 3. The Balaban J connectivity index is 1.81. The van der Waals surface area contributed by atoms with Gasteiger partial charge in [0.25, 0.3) is 0 Å². The zero-order chi connectivity index (χ0) is 23.1. The maximum atomic E-state index is 12.9. The van der Waals surface area contributed by atoms with Gasteiger partial charge in [0.15, 0.2) is 0 Å². The van der Waals surface area contributed by atoms with Crippen LogP contribution in [0.4, 0.5) is 25.0 Å². The third-order valence-electron chi connectivity index (χ3n) is 5.45. The number of para-hydroxylation sites is 1. The Kier molecular flexibility index (Phi) is 7.86. The summed E-state index contributed by atoms with van der Waals surface area (Å²) in [5.74, 6) is -0.581. The Morgan fingerprint density at radius 2 is 1.84 bits per heavy atom. The fraction of sp³-hybridized carbons (Fsp3) is 0.391. The molecule has 32 heavy (non-hydrogen) atoms. The monoisotopic (exact) mass is 446 g/mol. The largest absolute Gasteiger partial charge is 0.434 e. The van der Waals surface area contributed by atoms with Crippen molar-refractivity contribution in [2.45, 2.75) is 45.3 Å². The van der Waals surface area contributed by atoms with Gasteiger partial charge in [-0.05, 0) is 49.9 Å². The van der Waals surface area contributed by atoms with Crippen LogP contribution in [0.1, 0.15) is 54.6 Å². The molecule has 1 aliphatic heterocycles. The first-order valence-electron chi connectivity index (χ1n) is 10.7. The molecule has 0 radical (unpaired) electrons. The molecule has 0 spiro atoms. The first kappa shape index (κ1) is 23.3. The number of carbonyl (C=O) groups is 2. The molecule has 3 amide bonds. The molecule has 0 bridgehead atoms. The first-order chi connectivity index (χ1) is 15.4. The highest BCUT2D eigenvalue weighted by molar-refractivity contribution is 5.99. The second-order valence-electron chi connectivity index (χ2n) is 7.62. The molecular formula is C23H28F2N4O3. The van der Waals surface area contributed by atoms with E-state index in [9.17, 15) is 18.4 Å². The number of nitrogens with zero attached hydrogens (tertiary/aromatic N) is 1. The van der Waals surface area contributed by atoms with Crippen molar-refractivity contribution in [2.24, 2.45) is 5.73 Å². The number of nitrogens with one attached hydrogen (secondary N) is 2. The highest BCUT2D eigenvalue weighted by Gasteiger charge is 2.21. The number of benzene rings is 2. The van der Waals surface area contributed by atoms with Crippen molar-refractivity contribution in [1.29, 1.82) is 0 Å². The zero-order valence-corrected chi connectivity index (χ0v) is 17.9. The Labute approximate surface area is 185 Å². The van der Waals surface area contributed by atoms with E-state index in [0.717, 1.165) is 38.0 Å². The molecule has 2 aromatic rings. The molecule has 7 nitrogen and oxygen atoms in total. The predicted octanol–water partition coefficient (Wildman–Crippen LogP) is 4.65. The van der Waals surface area contributed by atoms with Crippen molar-refractivity contribution in [1.82, 2.24) is 5.32 Å². The molecule has 1 atom stereocenters. The highest BCUT2D eigenvalue weighted by atomic mass is 19.3. The van der Waals surface area contributed by atoms with Crippen LogP contribution in [0.15, 0.2) is 42.5 Å².